The predicted octanol–water partition coefficient (Wildman–Crippen LogP) is 1.48. The highest BCUT2D eigenvalue weighted by Gasteiger charge is 2.22. The van der Waals surface area contributed by atoms with Crippen LogP contribution in [0.3, 0.4) is 0 Å². The molecule has 3 N–H and O–H groups in total. The second-order valence-electron chi connectivity index (χ2n) is 4.39. The third-order valence-corrected chi connectivity index (χ3v) is 3.16. The van der Waals surface area contributed by atoms with Crippen molar-refractivity contribution in [1.29, 1.82) is 0 Å². The zero-order chi connectivity index (χ0) is 13.4. The van der Waals surface area contributed by atoms with Crippen molar-refractivity contribution < 1.29 is 4.74 Å². The lowest BCUT2D eigenvalue weighted by Crippen LogP contribution is -2.47. The zero-order valence-corrected chi connectivity index (χ0v) is 11.7. The molecule has 0 amide bonds. The van der Waals surface area contributed by atoms with Gasteiger partial charge in [-0.25, -0.2) is 4.98 Å². The van der Waals surface area contributed by atoms with Gasteiger partial charge in [0.1, 0.15) is 5.82 Å². The summed E-state index contributed by atoms with van der Waals surface area (Å²) in [4.78, 5) is 4.39. The molecule has 2 unspecified atom stereocenters. The number of nitrogens with two attached hydrogens (primary N) is 1. The summed E-state index contributed by atoms with van der Waals surface area (Å²) in [6, 6.07) is 0.109. The van der Waals surface area contributed by atoms with Gasteiger partial charge in [0.05, 0.1) is 12.1 Å². The molecule has 1 aromatic rings. The molecule has 0 saturated heterocycles. The van der Waals surface area contributed by atoms with Crippen LogP contribution in [0.15, 0.2) is 12.4 Å². The molecule has 0 aliphatic carbocycles. The van der Waals surface area contributed by atoms with E-state index in [0.717, 1.165) is 31.6 Å². The first-order valence-corrected chi connectivity index (χ1v) is 6.84. The van der Waals surface area contributed by atoms with Gasteiger partial charge in [0.2, 0.25) is 0 Å². The highest BCUT2D eigenvalue weighted by atomic mass is 16.5. The molecule has 0 spiro atoms. The number of hydrogen-bond acceptors (Lipinski definition) is 4. The smallest absolute Gasteiger partial charge is 0.110 e. The molecule has 1 rings (SSSR count). The molecule has 5 heteroatoms. The lowest BCUT2D eigenvalue weighted by molar-refractivity contribution is 0.0275. The summed E-state index contributed by atoms with van der Waals surface area (Å²) in [5.41, 5.74) is 2.88. The van der Waals surface area contributed by atoms with E-state index >= 15 is 0 Å². The average molecular weight is 254 g/mol. The Balaban J connectivity index is 2.69. The van der Waals surface area contributed by atoms with Gasteiger partial charge in [-0.15, -0.1) is 0 Å². The van der Waals surface area contributed by atoms with Crippen LogP contribution in [-0.4, -0.2) is 28.3 Å². The summed E-state index contributed by atoms with van der Waals surface area (Å²) in [7, 11) is 0. The largest absolute Gasteiger partial charge is 0.377 e. The van der Waals surface area contributed by atoms with E-state index in [1.807, 2.05) is 19.3 Å². The lowest BCUT2D eigenvalue weighted by Gasteiger charge is -2.26. The van der Waals surface area contributed by atoms with Crippen LogP contribution in [0, 0.1) is 0 Å². The summed E-state index contributed by atoms with van der Waals surface area (Å²) >= 11 is 0. The molecule has 104 valence electrons. The van der Waals surface area contributed by atoms with Crippen LogP contribution in [0.1, 0.15) is 39.4 Å². The highest BCUT2D eigenvalue weighted by Crippen LogP contribution is 2.12. The topological polar surface area (TPSA) is 65.1 Å². The Morgan fingerprint density at radius 3 is 2.78 bits per heavy atom. The molecule has 0 aliphatic rings. The molecule has 0 bridgehead atoms. The van der Waals surface area contributed by atoms with Crippen LogP contribution in [0.2, 0.25) is 0 Å². The first-order valence-electron chi connectivity index (χ1n) is 6.84. The normalized spacial score (nSPS) is 14.7. The van der Waals surface area contributed by atoms with Crippen molar-refractivity contribution in [3.63, 3.8) is 0 Å². The standard InChI is InChI=1S/C13H26N4O/c1-4-7-12(18-6-3)11(16-14)10-13-15-8-9-17(13)5-2/h8-9,11-12,16H,4-7,10,14H2,1-3H3. The predicted molar refractivity (Wildman–Crippen MR) is 73.0 cm³/mol. The van der Waals surface area contributed by atoms with Crippen molar-refractivity contribution in [2.75, 3.05) is 6.61 Å². The number of imidazole rings is 1. The van der Waals surface area contributed by atoms with Gasteiger partial charge in [0.25, 0.3) is 0 Å². The lowest BCUT2D eigenvalue weighted by atomic mass is 10.0. The molecule has 5 nitrogen and oxygen atoms in total. The van der Waals surface area contributed by atoms with Crippen molar-refractivity contribution in [1.82, 2.24) is 15.0 Å². The van der Waals surface area contributed by atoms with Gasteiger partial charge in [0, 0.05) is 32.0 Å². The fourth-order valence-corrected chi connectivity index (χ4v) is 2.21. The number of ether oxygens (including phenoxy) is 1. The molecule has 18 heavy (non-hydrogen) atoms. The van der Waals surface area contributed by atoms with Gasteiger partial charge in [-0.3, -0.25) is 11.3 Å². The third-order valence-electron chi connectivity index (χ3n) is 3.16. The van der Waals surface area contributed by atoms with Crippen LogP contribution in [0.5, 0.6) is 0 Å². The second-order valence-corrected chi connectivity index (χ2v) is 4.39. The summed E-state index contributed by atoms with van der Waals surface area (Å²) in [6.45, 7) is 7.93. The minimum absolute atomic E-state index is 0.109. The molecule has 0 radical (unpaired) electrons. The van der Waals surface area contributed by atoms with Crippen LogP contribution in [-0.2, 0) is 17.7 Å². The molecule has 2 atom stereocenters. The Morgan fingerprint density at radius 2 is 2.22 bits per heavy atom. The number of hydrazine groups is 1. The monoisotopic (exact) mass is 254 g/mol. The molecule has 0 aromatic carbocycles. The van der Waals surface area contributed by atoms with E-state index < -0.39 is 0 Å². The summed E-state index contributed by atoms with van der Waals surface area (Å²) in [5, 5.41) is 0. The van der Waals surface area contributed by atoms with E-state index in [1.165, 1.54) is 0 Å². The van der Waals surface area contributed by atoms with Gasteiger partial charge in [-0.1, -0.05) is 13.3 Å². The van der Waals surface area contributed by atoms with Crippen molar-refractivity contribution >= 4 is 0 Å². The molecular weight excluding hydrogens is 228 g/mol. The molecule has 0 fully saturated rings. The van der Waals surface area contributed by atoms with Crippen molar-refractivity contribution in [2.24, 2.45) is 5.84 Å². The van der Waals surface area contributed by atoms with Crippen molar-refractivity contribution in [3.05, 3.63) is 18.2 Å². The Hall–Kier alpha value is -0.910. The number of hydrogen-bond donors (Lipinski definition) is 2. The fraction of sp³-hybridized carbons (Fsp3) is 0.769. The van der Waals surface area contributed by atoms with E-state index in [0.29, 0.717) is 6.61 Å². The Kier molecular flexibility index (Phi) is 6.93. The van der Waals surface area contributed by atoms with Gasteiger partial charge >= 0.3 is 0 Å². The van der Waals surface area contributed by atoms with Crippen LogP contribution in [0.4, 0.5) is 0 Å². The number of nitrogens with zero attached hydrogens (tertiary/aromatic N) is 2. The maximum Gasteiger partial charge on any atom is 0.110 e. The summed E-state index contributed by atoms with van der Waals surface area (Å²) in [6.07, 6.45) is 6.87. The molecule has 0 saturated carbocycles. The first kappa shape index (κ1) is 15.1. The number of nitrogens with one attached hydrogen (secondary N) is 1. The van der Waals surface area contributed by atoms with Crippen molar-refractivity contribution in [3.8, 4) is 0 Å². The van der Waals surface area contributed by atoms with Crippen LogP contribution < -0.4 is 11.3 Å². The Bertz CT molecular complexity index is 321. The first-order chi connectivity index (χ1) is 8.76. The summed E-state index contributed by atoms with van der Waals surface area (Å²) in [5.74, 6) is 6.73. The van der Waals surface area contributed by atoms with Gasteiger partial charge < -0.3 is 9.30 Å². The number of rotatable bonds is 9. The number of aryl methyl sites for hydroxylation is 1. The quantitative estimate of drug-likeness (QED) is 0.517. The van der Waals surface area contributed by atoms with Crippen LogP contribution >= 0.6 is 0 Å². The molecule has 1 heterocycles. The molecule has 0 aliphatic heterocycles. The SMILES string of the molecule is CCCC(OCC)C(Cc1nccn1CC)NN. The summed E-state index contributed by atoms with van der Waals surface area (Å²) < 4.78 is 7.92. The minimum atomic E-state index is 0.109. The Labute approximate surface area is 110 Å². The minimum Gasteiger partial charge on any atom is -0.377 e. The van der Waals surface area contributed by atoms with Gasteiger partial charge in [-0.05, 0) is 20.3 Å². The van der Waals surface area contributed by atoms with E-state index in [1.54, 1.807) is 0 Å². The third kappa shape index (κ3) is 4.08. The van der Waals surface area contributed by atoms with E-state index in [2.05, 4.69) is 28.8 Å². The number of aromatic nitrogens is 2. The molecule has 1 aromatic heterocycles. The maximum atomic E-state index is 5.78. The van der Waals surface area contributed by atoms with Crippen molar-refractivity contribution in [2.45, 2.75) is 58.7 Å². The maximum absolute atomic E-state index is 5.78. The van der Waals surface area contributed by atoms with Gasteiger partial charge in [0.15, 0.2) is 0 Å². The zero-order valence-electron chi connectivity index (χ0n) is 11.7. The average Bonchev–Trinajstić information content (AvgIpc) is 2.83. The highest BCUT2D eigenvalue weighted by molar-refractivity contribution is 4.97. The fourth-order valence-electron chi connectivity index (χ4n) is 2.21. The second kappa shape index (κ2) is 8.24. The van der Waals surface area contributed by atoms with E-state index in [-0.39, 0.29) is 12.1 Å². The van der Waals surface area contributed by atoms with E-state index in [4.69, 9.17) is 10.6 Å². The Morgan fingerprint density at radius 1 is 1.44 bits per heavy atom. The van der Waals surface area contributed by atoms with Gasteiger partial charge in [-0.2, -0.15) is 0 Å². The van der Waals surface area contributed by atoms with E-state index in [9.17, 15) is 0 Å². The van der Waals surface area contributed by atoms with Crippen LogP contribution in [0.25, 0.3) is 0 Å². The molecular formula is C13H26N4O.